The van der Waals surface area contributed by atoms with Gasteiger partial charge in [0.15, 0.2) is 0 Å². The SMILES string of the molecule is CC(C)[C@@H](C)/C=C/[C@@H](C)[C@H]1CC[C@H]2C34C=CC5(CC(O)CC[C@]5(C)C3=CC[C@]12C)OO4. The molecule has 4 aliphatic carbocycles. The molecular weight excluding hydrogens is 384 g/mol. The number of hydrogen-bond donors (Lipinski definition) is 1. The Morgan fingerprint density at radius 2 is 1.81 bits per heavy atom. The van der Waals surface area contributed by atoms with E-state index in [-0.39, 0.29) is 16.9 Å². The van der Waals surface area contributed by atoms with Gasteiger partial charge in [-0.15, -0.1) is 0 Å². The number of fused-ring (bicyclic) bond motifs is 2. The Morgan fingerprint density at radius 3 is 2.48 bits per heavy atom. The summed E-state index contributed by atoms with van der Waals surface area (Å²) in [6.45, 7) is 14.2. The van der Waals surface area contributed by atoms with Crippen LogP contribution in [0.15, 0.2) is 36.0 Å². The average Bonchev–Trinajstić information content (AvgIpc) is 3.09. The monoisotopic (exact) mass is 426 g/mol. The predicted molar refractivity (Wildman–Crippen MR) is 124 cm³/mol. The molecule has 6 aliphatic rings. The molecule has 1 N–H and O–H groups in total. The van der Waals surface area contributed by atoms with E-state index in [0.717, 1.165) is 19.3 Å². The quantitative estimate of drug-likeness (QED) is 0.418. The predicted octanol–water partition coefficient (Wildman–Crippen LogP) is 6.39. The molecule has 172 valence electrons. The molecule has 31 heavy (non-hydrogen) atoms. The van der Waals surface area contributed by atoms with Gasteiger partial charge in [-0.1, -0.05) is 59.8 Å². The number of rotatable bonds is 4. The van der Waals surface area contributed by atoms with E-state index in [1.165, 1.54) is 18.4 Å². The second kappa shape index (κ2) is 7.05. The number of aliphatic hydroxyl groups excluding tert-OH is 1. The van der Waals surface area contributed by atoms with E-state index < -0.39 is 11.2 Å². The Kier molecular flexibility index (Phi) is 4.98. The zero-order valence-electron chi connectivity index (χ0n) is 20.4. The fourth-order valence-electron chi connectivity index (χ4n) is 8.01. The van der Waals surface area contributed by atoms with Crippen molar-refractivity contribution in [3.8, 4) is 0 Å². The summed E-state index contributed by atoms with van der Waals surface area (Å²) >= 11 is 0. The maximum Gasteiger partial charge on any atom is 0.147 e. The van der Waals surface area contributed by atoms with Crippen LogP contribution < -0.4 is 0 Å². The molecular formula is C28H42O3. The van der Waals surface area contributed by atoms with Gasteiger partial charge in [-0.3, -0.25) is 0 Å². The zero-order chi connectivity index (χ0) is 22.2. The van der Waals surface area contributed by atoms with Gasteiger partial charge in [-0.25, -0.2) is 9.78 Å². The van der Waals surface area contributed by atoms with E-state index in [9.17, 15) is 5.11 Å². The lowest BCUT2D eigenvalue weighted by Gasteiger charge is -2.66. The van der Waals surface area contributed by atoms with E-state index in [4.69, 9.17) is 9.78 Å². The second-order valence-corrected chi connectivity index (χ2v) is 12.3. The van der Waals surface area contributed by atoms with Crippen molar-refractivity contribution in [3.05, 3.63) is 36.0 Å². The molecule has 2 bridgehead atoms. The van der Waals surface area contributed by atoms with Gasteiger partial charge in [0.25, 0.3) is 0 Å². The average molecular weight is 427 g/mol. The van der Waals surface area contributed by atoms with Gasteiger partial charge in [0.1, 0.15) is 11.2 Å². The highest BCUT2D eigenvalue weighted by Gasteiger charge is 2.71. The van der Waals surface area contributed by atoms with E-state index in [1.54, 1.807) is 0 Å². The van der Waals surface area contributed by atoms with Crippen molar-refractivity contribution < 1.29 is 14.9 Å². The number of hydrogen-bond acceptors (Lipinski definition) is 3. The first kappa shape index (κ1) is 21.9. The fourth-order valence-corrected chi connectivity index (χ4v) is 8.01. The van der Waals surface area contributed by atoms with Gasteiger partial charge in [-0.2, -0.15) is 0 Å². The highest BCUT2D eigenvalue weighted by atomic mass is 17.2. The third kappa shape index (κ3) is 2.82. The molecule has 0 radical (unpaired) electrons. The molecule has 0 aromatic heterocycles. The number of allylic oxidation sites excluding steroid dienone is 3. The van der Waals surface area contributed by atoms with Crippen molar-refractivity contribution in [3.63, 3.8) is 0 Å². The molecule has 3 fully saturated rings. The van der Waals surface area contributed by atoms with Gasteiger partial charge in [0.2, 0.25) is 0 Å². The molecule has 3 nitrogen and oxygen atoms in total. The normalized spacial score (nSPS) is 50.2. The lowest BCUT2D eigenvalue weighted by Crippen LogP contribution is -2.69. The van der Waals surface area contributed by atoms with Gasteiger partial charge < -0.3 is 5.11 Å². The van der Waals surface area contributed by atoms with Crippen molar-refractivity contribution in [2.45, 2.75) is 97.4 Å². The smallest absolute Gasteiger partial charge is 0.147 e. The Balaban J connectivity index is 1.48. The van der Waals surface area contributed by atoms with Crippen LogP contribution in [-0.4, -0.2) is 22.4 Å². The fraction of sp³-hybridized carbons (Fsp3) is 0.786. The Bertz CT molecular complexity index is 826. The van der Waals surface area contributed by atoms with E-state index in [1.807, 2.05) is 0 Å². The molecule has 2 saturated carbocycles. The van der Waals surface area contributed by atoms with Crippen molar-refractivity contribution in [2.75, 3.05) is 0 Å². The summed E-state index contributed by atoms with van der Waals surface area (Å²) in [5.41, 5.74) is 0.656. The summed E-state index contributed by atoms with van der Waals surface area (Å²) in [7, 11) is 0. The molecule has 6 rings (SSSR count). The Labute approximate surface area is 188 Å². The molecule has 3 heteroatoms. The molecule has 2 heterocycles. The van der Waals surface area contributed by atoms with Crippen LogP contribution >= 0.6 is 0 Å². The van der Waals surface area contributed by atoms with Crippen LogP contribution in [0.1, 0.15) is 80.1 Å². The van der Waals surface area contributed by atoms with Crippen LogP contribution in [0.3, 0.4) is 0 Å². The van der Waals surface area contributed by atoms with Crippen molar-refractivity contribution in [1.29, 1.82) is 0 Å². The van der Waals surface area contributed by atoms with Gasteiger partial charge in [-0.05, 0) is 78.9 Å². The van der Waals surface area contributed by atoms with Gasteiger partial charge >= 0.3 is 0 Å². The summed E-state index contributed by atoms with van der Waals surface area (Å²) in [6, 6.07) is 0. The topological polar surface area (TPSA) is 38.7 Å². The summed E-state index contributed by atoms with van der Waals surface area (Å²) in [5, 5.41) is 10.4. The van der Waals surface area contributed by atoms with Crippen LogP contribution in [-0.2, 0) is 9.78 Å². The van der Waals surface area contributed by atoms with E-state index >= 15 is 0 Å². The van der Waals surface area contributed by atoms with Crippen LogP contribution in [0.2, 0.25) is 0 Å². The van der Waals surface area contributed by atoms with Crippen molar-refractivity contribution in [1.82, 2.24) is 0 Å². The summed E-state index contributed by atoms with van der Waals surface area (Å²) in [5.74, 6) is 2.98. The van der Waals surface area contributed by atoms with Crippen molar-refractivity contribution in [2.24, 2.45) is 40.4 Å². The molecule has 2 aliphatic heterocycles. The second-order valence-electron chi connectivity index (χ2n) is 12.3. The van der Waals surface area contributed by atoms with Gasteiger partial charge in [0, 0.05) is 17.8 Å². The molecule has 1 saturated heterocycles. The third-order valence-corrected chi connectivity index (χ3v) is 10.5. The minimum atomic E-state index is -0.507. The first-order chi connectivity index (χ1) is 14.6. The standard InChI is InChI=1S/C28H42O3/c1-18(2)19(3)7-8-20(4)22-9-10-23-25(22,5)13-12-24-26(6)14-11-21(29)17-27(26)15-16-28(23,24)31-30-27/h7-8,12,15-16,18-23,29H,9-11,13-14,17H2,1-6H3/b8-7+/t19-,20+,21?,22+,23+,25+,26+,27?,28?/m0/s1. The van der Waals surface area contributed by atoms with Crippen molar-refractivity contribution >= 4 is 0 Å². The maximum atomic E-state index is 10.4. The summed E-state index contributed by atoms with van der Waals surface area (Å²) in [6.07, 6.45) is 17.8. The highest BCUT2D eigenvalue weighted by molar-refractivity contribution is 5.48. The maximum absolute atomic E-state index is 10.4. The van der Waals surface area contributed by atoms with Crippen LogP contribution in [0, 0.1) is 40.4 Å². The molecule has 0 aromatic rings. The Morgan fingerprint density at radius 1 is 1.03 bits per heavy atom. The Hall–Kier alpha value is -0.900. The molecule has 3 unspecified atom stereocenters. The molecule has 0 amide bonds. The van der Waals surface area contributed by atoms with Crippen LogP contribution in [0.4, 0.5) is 0 Å². The molecule has 2 spiro atoms. The molecule has 0 aromatic carbocycles. The van der Waals surface area contributed by atoms with Crippen LogP contribution in [0.5, 0.6) is 0 Å². The molecule has 9 atom stereocenters. The minimum Gasteiger partial charge on any atom is -0.393 e. The first-order valence-electron chi connectivity index (χ1n) is 12.7. The van der Waals surface area contributed by atoms with Crippen LogP contribution in [0.25, 0.3) is 0 Å². The summed E-state index contributed by atoms with van der Waals surface area (Å²) in [4.78, 5) is 12.6. The largest absolute Gasteiger partial charge is 0.393 e. The summed E-state index contributed by atoms with van der Waals surface area (Å²) < 4.78 is 0. The lowest BCUT2D eigenvalue weighted by atomic mass is 9.47. The first-order valence-corrected chi connectivity index (χ1v) is 12.7. The van der Waals surface area contributed by atoms with Gasteiger partial charge in [0.05, 0.1) is 6.10 Å². The number of aliphatic hydroxyl groups is 1. The minimum absolute atomic E-state index is 0.0726. The van der Waals surface area contributed by atoms with E-state index in [2.05, 4.69) is 71.9 Å². The zero-order valence-corrected chi connectivity index (χ0v) is 20.4. The third-order valence-electron chi connectivity index (χ3n) is 10.5. The van der Waals surface area contributed by atoms with E-state index in [0.29, 0.717) is 36.0 Å². The highest BCUT2D eigenvalue weighted by Crippen LogP contribution is 2.71. The lowest BCUT2D eigenvalue weighted by molar-refractivity contribution is -0.455.